The predicted molar refractivity (Wildman–Crippen MR) is 80.9 cm³/mol. The van der Waals surface area contributed by atoms with Crippen LogP contribution in [0.1, 0.15) is 32.9 Å². The summed E-state index contributed by atoms with van der Waals surface area (Å²) in [5.41, 5.74) is 6.34. The highest BCUT2D eigenvalue weighted by Crippen LogP contribution is 2.36. The second kappa shape index (κ2) is 6.77. The number of carbonyl (C=O) groups excluding carboxylic acids is 2. The van der Waals surface area contributed by atoms with Crippen LogP contribution in [0.2, 0.25) is 0 Å². The maximum atomic E-state index is 12.0. The van der Waals surface area contributed by atoms with Gasteiger partial charge in [-0.2, -0.15) is 0 Å². The quantitative estimate of drug-likeness (QED) is 0.703. The summed E-state index contributed by atoms with van der Waals surface area (Å²) >= 11 is 1.12. The number of ether oxygens (including phenoxy) is 2. The van der Waals surface area contributed by atoms with Gasteiger partial charge in [0.25, 0.3) is 5.91 Å². The summed E-state index contributed by atoms with van der Waals surface area (Å²) in [6.07, 6.45) is 2.13. The summed E-state index contributed by atoms with van der Waals surface area (Å²) < 4.78 is 10.2. The first-order chi connectivity index (χ1) is 10.1. The van der Waals surface area contributed by atoms with Gasteiger partial charge >= 0.3 is 5.97 Å². The molecule has 0 spiro atoms. The molecule has 21 heavy (non-hydrogen) atoms. The molecule has 1 fully saturated rings. The first-order valence-electron chi connectivity index (χ1n) is 6.66. The fourth-order valence-corrected chi connectivity index (χ4v) is 3.22. The van der Waals surface area contributed by atoms with Crippen LogP contribution in [0, 0.1) is 0 Å². The van der Waals surface area contributed by atoms with Crippen LogP contribution in [0.3, 0.4) is 0 Å². The van der Waals surface area contributed by atoms with Crippen molar-refractivity contribution < 1.29 is 19.1 Å². The van der Waals surface area contributed by atoms with E-state index in [2.05, 4.69) is 15.4 Å². The first kappa shape index (κ1) is 15.6. The van der Waals surface area contributed by atoms with Gasteiger partial charge in [0.1, 0.15) is 9.88 Å². The minimum atomic E-state index is -0.548. The summed E-state index contributed by atoms with van der Waals surface area (Å²) in [6.45, 7) is 1.33. The Morgan fingerprint density at radius 3 is 2.86 bits per heavy atom. The van der Waals surface area contributed by atoms with Crippen molar-refractivity contribution in [2.75, 3.05) is 38.4 Å². The first-order valence-corrected chi connectivity index (χ1v) is 7.48. The van der Waals surface area contributed by atoms with Crippen molar-refractivity contribution in [1.82, 2.24) is 5.32 Å². The third kappa shape index (κ3) is 3.27. The van der Waals surface area contributed by atoms with Crippen molar-refractivity contribution in [2.45, 2.75) is 18.9 Å². The van der Waals surface area contributed by atoms with Gasteiger partial charge in [-0.15, -0.1) is 11.3 Å². The lowest BCUT2D eigenvalue weighted by molar-refractivity contribution is 0.0607. The SMILES string of the molecule is CNC(=O)c1c(NCC2CCCO2)sc(C(=O)OC)c1N. The number of esters is 1. The molecule has 1 amide bonds. The van der Waals surface area contributed by atoms with Gasteiger partial charge in [-0.25, -0.2) is 4.79 Å². The number of anilines is 2. The number of nitrogens with one attached hydrogen (secondary N) is 2. The van der Waals surface area contributed by atoms with Gasteiger partial charge in [0, 0.05) is 20.2 Å². The molecule has 0 radical (unpaired) electrons. The summed E-state index contributed by atoms with van der Waals surface area (Å²) in [5, 5.41) is 6.24. The van der Waals surface area contributed by atoms with Crippen molar-refractivity contribution in [3.8, 4) is 0 Å². The fraction of sp³-hybridized carbons (Fsp3) is 0.538. The number of thiophene rings is 1. The van der Waals surface area contributed by atoms with Crippen LogP contribution in [0.5, 0.6) is 0 Å². The number of nitrogen functional groups attached to an aromatic ring is 1. The lowest BCUT2D eigenvalue weighted by Gasteiger charge is -2.11. The number of hydrogen-bond donors (Lipinski definition) is 3. The maximum absolute atomic E-state index is 12.0. The Balaban J connectivity index is 2.24. The van der Waals surface area contributed by atoms with E-state index in [9.17, 15) is 9.59 Å². The zero-order valence-electron chi connectivity index (χ0n) is 12.0. The third-order valence-electron chi connectivity index (χ3n) is 3.28. The molecule has 116 valence electrons. The molecule has 1 aliphatic heterocycles. The van der Waals surface area contributed by atoms with E-state index in [0.717, 1.165) is 30.8 Å². The highest BCUT2D eigenvalue weighted by Gasteiger charge is 2.26. The average molecular weight is 313 g/mol. The van der Waals surface area contributed by atoms with Gasteiger partial charge in [0.2, 0.25) is 0 Å². The Kier molecular flexibility index (Phi) is 5.03. The highest BCUT2D eigenvalue weighted by atomic mass is 32.1. The molecule has 8 heteroatoms. The Hall–Kier alpha value is -1.80. The largest absolute Gasteiger partial charge is 0.465 e. The molecular formula is C13H19N3O4S. The Bertz CT molecular complexity index is 538. The number of amides is 1. The maximum Gasteiger partial charge on any atom is 0.350 e. The lowest BCUT2D eigenvalue weighted by Crippen LogP contribution is -2.22. The molecule has 1 aromatic rings. The van der Waals surface area contributed by atoms with Crippen molar-refractivity contribution in [1.29, 1.82) is 0 Å². The summed E-state index contributed by atoms with van der Waals surface area (Å²) in [4.78, 5) is 23.9. The van der Waals surface area contributed by atoms with Crippen LogP contribution in [0.25, 0.3) is 0 Å². The van der Waals surface area contributed by atoms with E-state index < -0.39 is 5.97 Å². The van der Waals surface area contributed by atoms with Crippen molar-refractivity contribution in [3.63, 3.8) is 0 Å². The molecule has 1 saturated heterocycles. The number of methoxy groups -OCH3 is 1. The van der Waals surface area contributed by atoms with Crippen molar-refractivity contribution >= 4 is 33.9 Å². The van der Waals surface area contributed by atoms with Gasteiger partial charge in [-0.1, -0.05) is 0 Å². The minimum Gasteiger partial charge on any atom is -0.465 e. The van der Waals surface area contributed by atoms with Crippen LogP contribution < -0.4 is 16.4 Å². The fourth-order valence-electron chi connectivity index (χ4n) is 2.17. The second-order valence-electron chi connectivity index (χ2n) is 4.64. The molecule has 1 unspecified atom stereocenters. The summed E-state index contributed by atoms with van der Waals surface area (Å²) in [6, 6.07) is 0. The standard InChI is InChI=1S/C13H19N3O4S/c1-15-11(17)8-9(14)10(13(18)19-2)21-12(8)16-6-7-4-3-5-20-7/h7,16H,3-6,14H2,1-2H3,(H,15,17). The van der Waals surface area contributed by atoms with Gasteiger partial charge in [0.15, 0.2) is 0 Å². The molecule has 0 bridgehead atoms. The molecule has 0 saturated carbocycles. The molecule has 0 aromatic carbocycles. The normalized spacial score (nSPS) is 17.5. The van der Waals surface area contributed by atoms with Gasteiger partial charge in [-0.3, -0.25) is 4.79 Å². The van der Waals surface area contributed by atoms with Crippen LogP contribution in [-0.2, 0) is 9.47 Å². The highest BCUT2D eigenvalue weighted by molar-refractivity contribution is 7.19. The van der Waals surface area contributed by atoms with E-state index in [4.69, 9.17) is 10.5 Å². The molecule has 4 N–H and O–H groups in total. The smallest absolute Gasteiger partial charge is 0.350 e. The predicted octanol–water partition coefficient (Wildman–Crippen LogP) is 1.07. The molecule has 7 nitrogen and oxygen atoms in total. The third-order valence-corrected chi connectivity index (χ3v) is 4.43. The lowest BCUT2D eigenvalue weighted by atomic mass is 10.2. The van der Waals surface area contributed by atoms with Crippen LogP contribution in [0.4, 0.5) is 10.7 Å². The molecule has 1 atom stereocenters. The van der Waals surface area contributed by atoms with Gasteiger partial charge < -0.3 is 25.8 Å². The molecular weight excluding hydrogens is 294 g/mol. The topological polar surface area (TPSA) is 103 Å². The Morgan fingerprint density at radius 1 is 1.52 bits per heavy atom. The van der Waals surface area contributed by atoms with Crippen molar-refractivity contribution in [3.05, 3.63) is 10.4 Å². The molecule has 0 aliphatic carbocycles. The monoisotopic (exact) mass is 313 g/mol. The molecule has 2 heterocycles. The Labute approximate surface area is 126 Å². The van der Waals surface area contributed by atoms with Gasteiger partial charge in [-0.05, 0) is 12.8 Å². The van der Waals surface area contributed by atoms with E-state index in [0.29, 0.717) is 11.5 Å². The minimum absolute atomic E-state index is 0.118. The average Bonchev–Trinajstić information content (AvgIpc) is 3.11. The van der Waals surface area contributed by atoms with E-state index in [1.54, 1.807) is 0 Å². The second-order valence-corrected chi connectivity index (χ2v) is 5.66. The van der Waals surface area contributed by atoms with Crippen LogP contribution in [0.15, 0.2) is 0 Å². The van der Waals surface area contributed by atoms with E-state index in [1.807, 2.05) is 0 Å². The van der Waals surface area contributed by atoms with Crippen LogP contribution in [-0.4, -0.2) is 45.3 Å². The number of hydrogen-bond acceptors (Lipinski definition) is 7. The summed E-state index contributed by atoms with van der Waals surface area (Å²) in [5.74, 6) is -0.887. The van der Waals surface area contributed by atoms with E-state index in [1.165, 1.54) is 14.2 Å². The van der Waals surface area contributed by atoms with Gasteiger partial charge in [0.05, 0.1) is 24.5 Å². The Morgan fingerprint density at radius 2 is 2.29 bits per heavy atom. The van der Waals surface area contributed by atoms with Crippen LogP contribution >= 0.6 is 11.3 Å². The number of rotatable bonds is 5. The summed E-state index contributed by atoms with van der Waals surface area (Å²) in [7, 11) is 2.79. The molecule has 1 aliphatic rings. The van der Waals surface area contributed by atoms with E-state index >= 15 is 0 Å². The van der Waals surface area contributed by atoms with Crippen molar-refractivity contribution in [2.24, 2.45) is 0 Å². The zero-order chi connectivity index (χ0) is 15.4. The number of nitrogens with two attached hydrogens (primary N) is 1. The molecule has 1 aromatic heterocycles. The molecule has 2 rings (SSSR count). The zero-order valence-corrected chi connectivity index (χ0v) is 12.8. The van der Waals surface area contributed by atoms with E-state index in [-0.39, 0.29) is 28.1 Å². The number of carbonyl (C=O) groups is 2.